The number of rotatable bonds is 7. The number of halogens is 1. The summed E-state index contributed by atoms with van der Waals surface area (Å²) in [5.74, 6) is -0.599. The van der Waals surface area contributed by atoms with Gasteiger partial charge >= 0.3 is 0 Å². The van der Waals surface area contributed by atoms with E-state index in [1.807, 2.05) is 37.3 Å². The summed E-state index contributed by atoms with van der Waals surface area (Å²) in [6.07, 6.45) is 2.55. The van der Waals surface area contributed by atoms with Gasteiger partial charge in [-0.25, -0.2) is 4.39 Å². The van der Waals surface area contributed by atoms with Gasteiger partial charge in [0, 0.05) is 25.8 Å². The van der Waals surface area contributed by atoms with Gasteiger partial charge in [0.1, 0.15) is 5.82 Å². The Morgan fingerprint density at radius 1 is 1.20 bits per heavy atom. The molecule has 5 nitrogen and oxygen atoms in total. The van der Waals surface area contributed by atoms with Crippen LogP contribution >= 0.6 is 0 Å². The minimum Gasteiger partial charge on any atom is -0.336 e. The number of amides is 2. The highest BCUT2D eigenvalue weighted by Crippen LogP contribution is 2.21. The zero-order valence-corrected chi connectivity index (χ0v) is 17.7. The number of anilines is 1. The number of carbonyl (C=O) groups is 2. The molecule has 1 heterocycles. The van der Waals surface area contributed by atoms with Crippen molar-refractivity contribution in [1.82, 2.24) is 9.80 Å². The molecular formula is C24H30FN3O2. The third kappa shape index (κ3) is 5.89. The summed E-state index contributed by atoms with van der Waals surface area (Å²) in [6, 6.07) is 14.3. The highest BCUT2D eigenvalue weighted by atomic mass is 19.1. The Hall–Kier alpha value is -2.73. The van der Waals surface area contributed by atoms with E-state index in [1.54, 1.807) is 13.1 Å². The fraction of sp³-hybridized carbons (Fsp3) is 0.417. The molecular weight excluding hydrogens is 381 g/mol. The molecule has 30 heavy (non-hydrogen) atoms. The van der Waals surface area contributed by atoms with Gasteiger partial charge in [0.2, 0.25) is 11.8 Å². The average Bonchev–Trinajstić information content (AvgIpc) is 2.73. The lowest BCUT2D eigenvalue weighted by Gasteiger charge is -2.33. The molecule has 0 saturated carbocycles. The largest absolute Gasteiger partial charge is 0.336 e. The van der Waals surface area contributed by atoms with Gasteiger partial charge in [0.25, 0.3) is 0 Å². The number of piperidine rings is 1. The van der Waals surface area contributed by atoms with Crippen LogP contribution in [-0.4, -0.2) is 48.3 Å². The van der Waals surface area contributed by atoms with Crippen LogP contribution in [0.15, 0.2) is 48.5 Å². The summed E-state index contributed by atoms with van der Waals surface area (Å²) in [5.41, 5.74) is 2.77. The Morgan fingerprint density at radius 3 is 2.77 bits per heavy atom. The molecule has 1 saturated heterocycles. The zero-order valence-electron chi connectivity index (χ0n) is 17.7. The summed E-state index contributed by atoms with van der Waals surface area (Å²) >= 11 is 0. The molecule has 160 valence electrons. The van der Waals surface area contributed by atoms with Gasteiger partial charge in [-0.15, -0.1) is 0 Å². The number of nitrogens with zero attached hydrogens (tertiary/aromatic N) is 2. The van der Waals surface area contributed by atoms with Gasteiger partial charge in [-0.05, 0) is 55.1 Å². The summed E-state index contributed by atoms with van der Waals surface area (Å²) in [6.45, 7) is 4.20. The van der Waals surface area contributed by atoms with E-state index in [4.69, 9.17) is 0 Å². The fourth-order valence-corrected chi connectivity index (χ4v) is 4.04. The van der Waals surface area contributed by atoms with Crippen molar-refractivity contribution in [2.24, 2.45) is 5.92 Å². The van der Waals surface area contributed by atoms with Gasteiger partial charge in [0.05, 0.1) is 12.5 Å². The first kappa shape index (κ1) is 22.0. The molecule has 0 aliphatic carbocycles. The zero-order chi connectivity index (χ0) is 21.5. The highest BCUT2D eigenvalue weighted by Gasteiger charge is 2.28. The molecule has 2 amide bonds. The van der Waals surface area contributed by atoms with Gasteiger partial charge < -0.3 is 10.2 Å². The van der Waals surface area contributed by atoms with Crippen LogP contribution in [0.5, 0.6) is 0 Å². The predicted octanol–water partition coefficient (Wildman–Crippen LogP) is 3.70. The van der Waals surface area contributed by atoms with Crippen LogP contribution < -0.4 is 5.32 Å². The van der Waals surface area contributed by atoms with Crippen molar-refractivity contribution in [1.29, 1.82) is 0 Å². The third-order valence-corrected chi connectivity index (χ3v) is 5.58. The van der Waals surface area contributed by atoms with E-state index in [0.29, 0.717) is 13.1 Å². The summed E-state index contributed by atoms with van der Waals surface area (Å²) in [7, 11) is 1.68. The molecule has 0 aromatic heterocycles. The summed E-state index contributed by atoms with van der Waals surface area (Å²) < 4.78 is 13.4. The number of nitrogens with one attached hydrogen (secondary N) is 1. The van der Waals surface area contributed by atoms with Gasteiger partial charge in [-0.2, -0.15) is 0 Å². The minimum atomic E-state index is -0.243. The van der Waals surface area contributed by atoms with Crippen LogP contribution in [0.1, 0.15) is 30.9 Å². The number of likely N-dealkylation sites (N-methyl/N-ethyl adjacent to an activating group) is 1. The number of hydrogen-bond donors (Lipinski definition) is 1. The lowest BCUT2D eigenvalue weighted by atomic mass is 9.96. The third-order valence-electron chi connectivity index (χ3n) is 5.58. The predicted molar refractivity (Wildman–Crippen MR) is 116 cm³/mol. The molecule has 1 N–H and O–H groups in total. The maximum absolute atomic E-state index is 13.4. The van der Waals surface area contributed by atoms with Crippen molar-refractivity contribution in [3.63, 3.8) is 0 Å². The Labute approximate surface area is 177 Å². The van der Waals surface area contributed by atoms with Gasteiger partial charge in [0.15, 0.2) is 0 Å². The smallest absolute Gasteiger partial charge is 0.243 e. The van der Waals surface area contributed by atoms with E-state index in [2.05, 4.69) is 10.2 Å². The molecule has 2 aromatic rings. The van der Waals surface area contributed by atoms with E-state index in [-0.39, 0.29) is 30.1 Å². The van der Waals surface area contributed by atoms with Crippen LogP contribution in [0.2, 0.25) is 0 Å². The first-order valence-electron chi connectivity index (χ1n) is 10.6. The van der Waals surface area contributed by atoms with Crippen molar-refractivity contribution < 1.29 is 14.0 Å². The highest BCUT2D eigenvalue weighted by molar-refractivity contribution is 5.95. The Kier molecular flexibility index (Phi) is 7.57. The van der Waals surface area contributed by atoms with Crippen molar-refractivity contribution >= 4 is 17.5 Å². The molecule has 1 unspecified atom stereocenters. The number of benzene rings is 2. The molecule has 1 atom stereocenters. The maximum Gasteiger partial charge on any atom is 0.243 e. The van der Waals surface area contributed by atoms with Crippen LogP contribution in [0, 0.1) is 11.7 Å². The Bertz CT molecular complexity index is 886. The second-order valence-corrected chi connectivity index (χ2v) is 7.96. The molecule has 3 rings (SSSR count). The second kappa shape index (κ2) is 10.3. The Morgan fingerprint density at radius 2 is 2.00 bits per heavy atom. The van der Waals surface area contributed by atoms with E-state index in [9.17, 15) is 14.0 Å². The van der Waals surface area contributed by atoms with E-state index < -0.39 is 0 Å². The van der Waals surface area contributed by atoms with Crippen molar-refractivity contribution in [3.05, 3.63) is 65.5 Å². The molecule has 1 fully saturated rings. The average molecular weight is 412 g/mol. The number of carbonyl (C=O) groups excluding carboxylic acids is 2. The first-order chi connectivity index (χ1) is 14.5. The van der Waals surface area contributed by atoms with Crippen molar-refractivity contribution in [2.75, 3.05) is 32.0 Å². The number of aryl methyl sites for hydroxylation is 1. The van der Waals surface area contributed by atoms with Gasteiger partial charge in [-0.3, -0.25) is 14.5 Å². The number of para-hydroxylation sites is 1. The van der Waals surface area contributed by atoms with Crippen LogP contribution in [0.4, 0.5) is 10.1 Å². The van der Waals surface area contributed by atoms with Crippen LogP contribution in [0.25, 0.3) is 0 Å². The monoisotopic (exact) mass is 411 g/mol. The molecule has 0 spiro atoms. The lowest BCUT2D eigenvalue weighted by molar-refractivity contribution is -0.138. The maximum atomic E-state index is 13.4. The van der Waals surface area contributed by atoms with Crippen LogP contribution in [0.3, 0.4) is 0 Å². The normalized spacial score (nSPS) is 16.8. The number of hydrogen-bond acceptors (Lipinski definition) is 3. The van der Waals surface area contributed by atoms with Crippen molar-refractivity contribution in [2.45, 2.75) is 32.7 Å². The summed E-state index contributed by atoms with van der Waals surface area (Å²) in [4.78, 5) is 29.1. The molecule has 0 radical (unpaired) electrons. The standard InChI is InChI=1S/C24H30FN3O2/c1-3-19-9-4-5-12-22(19)26-23(29)17-27(2)24(30)20-10-7-13-28(16-20)15-18-8-6-11-21(25)14-18/h4-6,8-9,11-12,14,20H,3,7,10,13,15-17H2,1-2H3,(H,26,29). The van der Waals surface area contributed by atoms with E-state index >= 15 is 0 Å². The SMILES string of the molecule is CCc1ccccc1NC(=O)CN(C)C(=O)C1CCCN(Cc2cccc(F)c2)C1. The summed E-state index contributed by atoms with van der Waals surface area (Å²) in [5, 5.41) is 2.92. The molecule has 2 aromatic carbocycles. The molecule has 1 aliphatic rings. The topological polar surface area (TPSA) is 52.7 Å². The molecule has 6 heteroatoms. The molecule has 1 aliphatic heterocycles. The fourth-order valence-electron chi connectivity index (χ4n) is 4.04. The quantitative estimate of drug-likeness (QED) is 0.756. The second-order valence-electron chi connectivity index (χ2n) is 7.96. The molecule has 0 bridgehead atoms. The number of likely N-dealkylation sites (tertiary alicyclic amines) is 1. The van der Waals surface area contributed by atoms with Crippen molar-refractivity contribution in [3.8, 4) is 0 Å². The van der Waals surface area contributed by atoms with Gasteiger partial charge in [-0.1, -0.05) is 37.3 Å². The first-order valence-corrected chi connectivity index (χ1v) is 10.6. The van der Waals surface area contributed by atoms with E-state index in [0.717, 1.165) is 42.6 Å². The van der Waals surface area contributed by atoms with E-state index in [1.165, 1.54) is 17.0 Å². The minimum absolute atomic E-state index is 0.0159. The van der Waals surface area contributed by atoms with Crippen LogP contribution in [-0.2, 0) is 22.6 Å². The Balaban J connectivity index is 1.53. The lowest BCUT2D eigenvalue weighted by Crippen LogP contribution is -2.45.